The standard InChI is InChI=1S/C21H16N2O5S/c1-13-3-2-4-15(11-13)20-23-18(21(24)28-20)12-16-7-10-19(27-16)14-5-8-17(9-6-14)29(22,25)26/h2-12H,1H3,(H2,22,25,26)/b18-12-. The summed E-state index contributed by atoms with van der Waals surface area (Å²) in [5.74, 6) is 0.607. The van der Waals surface area contributed by atoms with E-state index in [0.29, 0.717) is 17.1 Å². The molecule has 2 N–H and O–H groups in total. The lowest BCUT2D eigenvalue weighted by molar-refractivity contribution is -0.129. The van der Waals surface area contributed by atoms with Crippen molar-refractivity contribution >= 4 is 28.0 Å². The Bertz CT molecular complexity index is 1270. The van der Waals surface area contributed by atoms with Gasteiger partial charge in [0, 0.05) is 17.2 Å². The molecule has 0 spiro atoms. The number of sulfonamides is 1. The van der Waals surface area contributed by atoms with Gasteiger partial charge in [0.1, 0.15) is 11.5 Å². The van der Waals surface area contributed by atoms with Crippen molar-refractivity contribution in [2.75, 3.05) is 0 Å². The van der Waals surface area contributed by atoms with Gasteiger partial charge in [0.2, 0.25) is 15.9 Å². The van der Waals surface area contributed by atoms with E-state index in [0.717, 1.165) is 11.1 Å². The fourth-order valence-corrected chi connectivity index (χ4v) is 3.36. The minimum absolute atomic E-state index is 0.0156. The number of carbonyl (C=O) groups is 1. The van der Waals surface area contributed by atoms with E-state index in [4.69, 9.17) is 14.3 Å². The van der Waals surface area contributed by atoms with E-state index in [1.165, 1.54) is 18.2 Å². The molecule has 3 aromatic rings. The van der Waals surface area contributed by atoms with Crippen LogP contribution in [0.4, 0.5) is 0 Å². The number of carbonyl (C=O) groups excluding carboxylic acids is 1. The highest BCUT2D eigenvalue weighted by atomic mass is 32.2. The molecular formula is C21H16N2O5S. The maximum Gasteiger partial charge on any atom is 0.363 e. The van der Waals surface area contributed by atoms with Gasteiger partial charge in [-0.1, -0.05) is 17.7 Å². The second-order valence-corrected chi connectivity index (χ2v) is 8.04. The molecule has 0 atom stereocenters. The number of nitrogens with zero attached hydrogens (tertiary/aromatic N) is 1. The van der Waals surface area contributed by atoms with Crippen molar-refractivity contribution in [2.24, 2.45) is 10.1 Å². The van der Waals surface area contributed by atoms with E-state index >= 15 is 0 Å². The molecule has 0 bridgehead atoms. The first-order valence-electron chi connectivity index (χ1n) is 8.62. The zero-order chi connectivity index (χ0) is 20.6. The molecule has 0 unspecified atom stereocenters. The number of aliphatic imine (C=N–C) groups is 1. The van der Waals surface area contributed by atoms with Gasteiger partial charge in [-0.3, -0.25) is 0 Å². The van der Waals surface area contributed by atoms with Crippen molar-refractivity contribution in [1.82, 2.24) is 0 Å². The minimum Gasteiger partial charge on any atom is -0.457 e. The Hall–Kier alpha value is -3.49. The number of benzene rings is 2. The molecule has 146 valence electrons. The Morgan fingerprint density at radius 1 is 1.00 bits per heavy atom. The molecule has 0 saturated carbocycles. The van der Waals surface area contributed by atoms with Crippen LogP contribution in [0.3, 0.4) is 0 Å². The highest BCUT2D eigenvalue weighted by molar-refractivity contribution is 7.89. The highest BCUT2D eigenvalue weighted by Crippen LogP contribution is 2.26. The van der Waals surface area contributed by atoms with Gasteiger partial charge in [-0.25, -0.2) is 23.3 Å². The lowest BCUT2D eigenvalue weighted by Gasteiger charge is -2.00. The molecule has 2 aromatic carbocycles. The Labute approximate surface area is 167 Å². The van der Waals surface area contributed by atoms with E-state index in [9.17, 15) is 13.2 Å². The van der Waals surface area contributed by atoms with E-state index in [1.54, 1.807) is 24.3 Å². The number of hydrogen-bond donors (Lipinski definition) is 1. The number of primary sulfonamides is 1. The van der Waals surface area contributed by atoms with Gasteiger partial charge in [0.25, 0.3) is 0 Å². The van der Waals surface area contributed by atoms with E-state index in [-0.39, 0.29) is 16.5 Å². The van der Waals surface area contributed by atoms with Gasteiger partial charge in [0.05, 0.1) is 4.90 Å². The maximum absolute atomic E-state index is 12.1. The summed E-state index contributed by atoms with van der Waals surface area (Å²) in [6.45, 7) is 1.94. The molecule has 0 saturated heterocycles. The van der Waals surface area contributed by atoms with Gasteiger partial charge in [-0.15, -0.1) is 0 Å². The lowest BCUT2D eigenvalue weighted by Crippen LogP contribution is -2.11. The molecule has 2 heterocycles. The molecule has 0 amide bonds. The van der Waals surface area contributed by atoms with Crippen LogP contribution in [0.5, 0.6) is 0 Å². The van der Waals surface area contributed by atoms with Crippen molar-refractivity contribution in [1.29, 1.82) is 0 Å². The number of nitrogens with two attached hydrogens (primary N) is 1. The Morgan fingerprint density at radius 2 is 1.76 bits per heavy atom. The van der Waals surface area contributed by atoms with Crippen molar-refractivity contribution in [3.05, 3.63) is 83.2 Å². The molecule has 1 aromatic heterocycles. The summed E-state index contributed by atoms with van der Waals surface area (Å²) in [5, 5.41) is 5.10. The SMILES string of the molecule is Cc1cccc(C2=N/C(=C\c3ccc(-c4ccc(S(N)(=O)=O)cc4)o3)C(=O)O2)c1. The van der Waals surface area contributed by atoms with Crippen LogP contribution in [0, 0.1) is 6.92 Å². The zero-order valence-corrected chi connectivity index (χ0v) is 16.1. The summed E-state index contributed by atoms with van der Waals surface area (Å²) in [6.07, 6.45) is 1.49. The van der Waals surface area contributed by atoms with Crippen molar-refractivity contribution in [3.63, 3.8) is 0 Å². The predicted octanol–water partition coefficient (Wildman–Crippen LogP) is 3.25. The van der Waals surface area contributed by atoms with Gasteiger partial charge in [-0.05, 0) is 55.5 Å². The third-order valence-electron chi connectivity index (χ3n) is 4.26. The predicted molar refractivity (Wildman–Crippen MR) is 107 cm³/mol. The number of cyclic esters (lactones) is 1. The van der Waals surface area contributed by atoms with Gasteiger partial charge >= 0.3 is 5.97 Å². The van der Waals surface area contributed by atoms with Crippen molar-refractivity contribution < 1.29 is 22.4 Å². The first kappa shape index (κ1) is 18.9. The van der Waals surface area contributed by atoms with Crippen molar-refractivity contribution in [2.45, 2.75) is 11.8 Å². The van der Waals surface area contributed by atoms with Gasteiger partial charge in [-0.2, -0.15) is 0 Å². The van der Waals surface area contributed by atoms with Crippen molar-refractivity contribution in [3.8, 4) is 11.3 Å². The smallest absolute Gasteiger partial charge is 0.363 e. The molecule has 4 rings (SSSR count). The Morgan fingerprint density at radius 3 is 2.45 bits per heavy atom. The molecule has 7 nitrogen and oxygen atoms in total. The number of furan rings is 1. The topological polar surface area (TPSA) is 112 Å². The van der Waals surface area contributed by atoms with Crippen LogP contribution in [0.1, 0.15) is 16.9 Å². The normalized spacial score (nSPS) is 15.4. The number of rotatable bonds is 4. The molecule has 0 fully saturated rings. The van der Waals surface area contributed by atoms with Crippen LogP contribution in [-0.2, 0) is 19.6 Å². The zero-order valence-electron chi connectivity index (χ0n) is 15.3. The van der Waals surface area contributed by atoms with Crippen LogP contribution in [0.2, 0.25) is 0 Å². The second-order valence-electron chi connectivity index (χ2n) is 6.48. The Kier molecular flexibility index (Phi) is 4.65. The van der Waals surface area contributed by atoms with E-state index in [2.05, 4.69) is 4.99 Å². The maximum atomic E-state index is 12.1. The first-order valence-corrected chi connectivity index (χ1v) is 10.2. The van der Waals surface area contributed by atoms with Gasteiger partial charge in [0.15, 0.2) is 5.70 Å². The molecule has 0 aliphatic carbocycles. The van der Waals surface area contributed by atoms with E-state index < -0.39 is 16.0 Å². The average molecular weight is 408 g/mol. The average Bonchev–Trinajstić information content (AvgIpc) is 3.29. The molecule has 29 heavy (non-hydrogen) atoms. The summed E-state index contributed by atoms with van der Waals surface area (Å²) in [6, 6.07) is 16.9. The largest absolute Gasteiger partial charge is 0.457 e. The van der Waals surface area contributed by atoms with Crippen LogP contribution < -0.4 is 5.14 Å². The summed E-state index contributed by atoms with van der Waals surface area (Å²) < 4.78 is 33.7. The number of ether oxygens (including phenoxy) is 1. The van der Waals surface area contributed by atoms with Crippen LogP contribution in [0.25, 0.3) is 17.4 Å². The van der Waals surface area contributed by atoms with Crippen LogP contribution in [-0.4, -0.2) is 20.3 Å². The third-order valence-corrected chi connectivity index (χ3v) is 5.19. The highest BCUT2D eigenvalue weighted by Gasteiger charge is 2.24. The number of aryl methyl sites for hydroxylation is 1. The molecule has 1 aliphatic heterocycles. The fraction of sp³-hybridized carbons (Fsp3) is 0.0476. The second kappa shape index (κ2) is 7.16. The summed E-state index contributed by atoms with van der Waals surface area (Å²) in [4.78, 5) is 16.4. The van der Waals surface area contributed by atoms with Crippen LogP contribution in [0.15, 0.2) is 80.7 Å². The molecule has 0 radical (unpaired) electrons. The van der Waals surface area contributed by atoms with Crippen LogP contribution >= 0.6 is 0 Å². The summed E-state index contributed by atoms with van der Waals surface area (Å²) in [7, 11) is -3.76. The fourth-order valence-electron chi connectivity index (χ4n) is 2.84. The molecular weight excluding hydrogens is 392 g/mol. The first-order chi connectivity index (χ1) is 13.8. The van der Waals surface area contributed by atoms with E-state index in [1.807, 2.05) is 31.2 Å². The summed E-state index contributed by atoms with van der Waals surface area (Å²) in [5.41, 5.74) is 2.55. The summed E-state index contributed by atoms with van der Waals surface area (Å²) >= 11 is 0. The quantitative estimate of drug-likeness (QED) is 0.526. The molecule has 8 heteroatoms. The number of esters is 1. The Balaban J connectivity index is 1.60. The lowest BCUT2D eigenvalue weighted by atomic mass is 10.1. The third kappa shape index (κ3) is 4.03. The minimum atomic E-state index is -3.76. The molecule has 1 aliphatic rings. The van der Waals surface area contributed by atoms with Gasteiger partial charge < -0.3 is 9.15 Å². The number of hydrogen-bond acceptors (Lipinski definition) is 6. The monoisotopic (exact) mass is 408 g/mol.